The highest BCUT2D eigenvalue weighted by Gasteiger charge is 2.16. The van der Waals surface area contributed by atoms with Gasteiger partial charge in [-0.25, -0.2) is 0 Å². The molecule has 0 spiro atoms. The van der Waals surface area contributed by atoms with Crippen LogP contribution >= 0.6 is 0 Å². The topological polar surface area (TPSA) is 61.8 Å². The molecular weight excluding hydrogens is 428 g/mol. The molecule has 5 nitrogen and oxygen atoms in total. The Morgan fingerprint density at radius 1 is 0.853 bits per heavy atom. The van der Waals surface area contributed by atoms with Gasteiger partial charge in [0, 0.05) is 18.4 Å². The third-order valence-electron chi connectivity index (χ3n) is 5.00. The van der Waals surface area contributed by atoms with Gasteiger partial charge in [-0.2, -0.15) is 0 Å². The van der Waals surface area contributed by atoms with Crippen LogP contribution in [-0.2, 0) is 16.0 Å². The third kappa shape index (κ3) is 8.07. The average molecular weight is 461 g/mol. The van der Waals surface area contributed by atoms with Crippen LogP contribution in [0.1, 0.15) is 49.5 Å². The van der Waals surface area contributed by atoms with E-state index in [-0.39, 0.29) is 5.97 Å². The smallest absolute Gasteiger partial charge is 0.306 e. The third-order valence-corrected chi connectivity index (χ3v) is 5.00. The number of carbonyl (C=O) groups excluding carboxylic acids is 2. The standard InChI is InChI=1S/C29H32O5/c1-29(2,3)34-28(31)16-15-23-10-4-5-14-27(23)24-11-7-13-26(20-24)33-18-8-17-32-25-12-6-9-22(19-25)21-30/h4-7,9-14,19-21H,8,15-18H2,1-3H3. The van der Waals surface area contributed by atoms with Crippen molar-refractivity contribution in [1.82, 2.24) is 0 Å². The quantitative estimate of drug-likeness (QED) is 0.191. The maximum atomic E-state index is 12.2. The van der Waals surface area contributed by atoms with Crippen LogP contribution in [0, 0.1) is 0 Å². The second-order valence-corrected chi connectivity index (χ2v) is 9.01. The highest BCUT2D eigenvalue weighted by molar-refractivity contribution is 5.75. The molecule has 3 rings (SSSR count). The van der Waals surface area contributed by atoms with Gasteiger partial charge in [0.15, 0.2) is 0 Å². The predicted octanol–water partition coefficient (Wildman–Crippen LogP) is 6.29. The average Bonchev–Trinajstić information content (AvgIpc) is 2.82. The molecule has 0 atom stereocenters. The van der Waals surface area contributed by atoms with E-state index in [1.165, 1.54) is 0 Å². The molecule has 178 valence electrons. The normalized spacial score (nSPS) is 11.0. The summed E-state index contributed by atoms with van der Waals surface area (Å²) in [6.45, 7) is 6.64. The molecule has 5 heteroatoms. The molecule has 0 radical (unpaired) electrons. The maximum absolute atomic E-state index is 12.2. The van der Waals surface area contributed by atoms with Crippen molar-refractivity contribution in [2.45, 2.75) is 45.6 Å². The number of ether oxygens (including phenoxy) is 3. The molecule has 0 aliphatic carbocycles. The minimum absolute atomic E-state index is 0.195. The highest BCUT2D eigenvalue weighted by Crippen LogP contribution is 2.28. The van der Waals surface area contributed by atoms with Crippen LogP contribution in [0.4, 0.5) is 0 Å². The molecular formula is C29H32O5. The monoisotopic (exact) mass is 460 g/mol. The fourth-order valence-electron chi connectivity index (χ4n) is 3.52. The number of rotatable bonds is 11. The van der Waals surface area contributed by atoms with E-state index in [4.69, 9.17) is 14.2 Å². The summed E-state index contributed by atoms with van der Waals surface area (Å²) in [6, 6.07) is 23.1. The molecule has 0 unspecified atom stereocenters. The molecule has 0 bridgehead atoms. The molecule has 3 aromatic rings. The zero-order valence-corrected chi connectivity index (χ0v) is 20.1. The van der Waals surface area contributed by atoms with Crippen LogP contribution < -0.4 is 9.47 Å². The molecule has 0 saturated carbocycles. The van der Waals surface area contributed by atoms with Crippen molar-refractivity contribution < 1.29 is 23.8 Å². The number of hydrogen-bond acceptors (Lipinski definition) is 5. The number of aldehydes is 1. The lowest BCUT2D eigenvalue weighted by Crippen LogP contribution is -2.24. The second kappa shape index (κ2) is 12.0. The number of benzene rings is 3. The Kier molecular flexibility index (Phi) is 8.86. The Morgan fingerprint density at radius 2 is 1.53 bits per heavy atom. The van der Waals surface area contributed by atoms with Gasteiger partial charge < -0.3 is 14.2 Å². The summed E-state index contributed by atoms with van der Waals surface area (Å²) in [7, 11) is 0. The Morgan fingerprint density at radius 3 is 2.24 bits per heavy atom. The number of aryl methyl sites for hydroxylation is 1. The summed E-state index contributed by atoms with van der Waals surface area (Å²) in [5.41, 5.74) is 3.33. The first kappa shape index (κ1) is 25.0. The fraction of sp³-hybridized carbons (Fsp3) is 0.310. The highest BCUT2D eigenvalue weighted by atomic mass is 16.6. The molecule has 0 aromatic heterocycles. The maximum Gasteiger partial charge on any atom is 0.306 e. The zero-order valence-electron chi connectivity index (χ0n) is 20.1. The molecule has 0 saturated heterocycles. The van der Waals surface area contributed by atoms with Crippen LogP contribution in [0.2, 0.25) is 0 Å². The fourth-order valence-corrected chi connectivity index (χ4v) is 3.52. The van der Waals surface area contributed by atoms with Crippen LogP contribution in [0.5, 0.6) is 11.5 Å². The lowest BCUT2D eigenvalue weighted by Gasteiger charge is -2.19. The van der Waals surface area contributed by atoms with E-state index in [1.807, 2.05) is 69.3 Å². The molecule has 0 aliphatic rings. The first-order valence-corrected chi connectivity index (χ1v) is 11.5. The molecule has 0 aliphatic heterocycles. The predicted molar refractivity (Wildman–Crippen MR) is 133 cm³/mol. The van der Waals surface area contributed by atoms with E-state index in [0.717, 1.165) is 28.7 Å². The summed E-state index contributed by atoms with van der Waals surface area (Å²) in [4.78, 5) is 23.0. The van der Waals surface area contributed by atoms with Crippen molar-refractivity contribution in [2.75, 3.05) is 13.2 Å². The Labute approximate surface area is 201 Å². The molecule has 34 heavy (non-hydrogen) atoms. The Hall–Kier alpha value is -3.60. The van der Waals surface area contributed by atoms with E-state index in [2.05, 4.69) is 6.07 Å². The lowest BCUT2D eigenvalue weighted by atomic mass is 9.96. The summed E-state index contributed by atoms with van der Waals surface area (Å²) in [5, 5.41) is 0. The largest absolute Gasteiger partial charge is 0.493 e. The molecule has 0 N–H and O–H groups in total. The Bertz CT molecular complexity index is 1100. The van der Waals surface area contributed by atoms with Crippen LogP contribution in [-0.4, -0.2) is 31.1 Å². The van der Waals surface area contributed by atoms with Crippen molar-refractivity contribution in [1.29, 1.82) is 0 Å². The van der Waals surface area contributed by atoms with Crippen molar-refractivity contribution >= 4 is 12.3 Å². The SMILES string of the molecule is CC(C)(C)OC(=O)CCc1ccccc1-c1cccc(OCCCOc2cccc(C=O)c2)c1. The van der Waals surface area contributed by atoms with Crippen LogP contribution in [0.3, 0.4) is 0 Å². The van der Waals surface area contributed by atoms with E-state index in [0.29, 0.717) is 43.8 Å². The van der Waals surface area contributed by atoms with Crippen molar-refractivity contribution in [3.8, 4) is 22.6 Å². The number of carbonyl (C=O) groups is 2. The lowest BCUT2D eigenvalue weighted by molar-refractivity contribution is -0.154. The van der Waals surface area contributed by atoms with E-state index >= 15 is 0 Å². The first-order valence-electron chi connectivity index (χ1n) is 11.5. The van der Waals surface area contributed by atoms with Gasteiger partial charge in [0.2, 0.25) is 0 Å². The van der Waals surface area contributed by atoms with Gasteiger partial charge in [-0.15, -0.1) is 0 Å². The minimum atomic E-state index is -0.479. The molecule has 0 amide bonds. The second-order valence-electron chi connectivity index (χ2n) is 9.01. The summed E-state index contributed by atoms with van der Waals surface area (Å²) in [5.74, 6) is 1.26. The summed E-state index contributed by atoms with van der Waals surface area (Å²) in [6.07, 6.45) is 2.46. The van der Waals surface area contributed by atoms with Gasteiger partial charge in [-0.3, -0.25) is 9.59 Å². The van der Waals surface area contributed by atoms with Gasteiger partial charge in [0.1, 0.15) is 23.4 Å². The van der Waals surface area contributed by atoms with E-state index < -0.39 is 5.60 Å². The molecule has 0 heterocycles. The van der Waals surface area contributed by atoms with Crippen molar-refractivity contribution in [3.63, 3.8) is 0 Å². The van der Waals surface area contributed by atoms with Gasteiger partial charge in [-0.05, 0) is 68.1 Å². The van der Waals surface area contributed by atoms with Crippen molar-refractivity contribution in [3.05, 3.63) is 83.9 Å². The van der Waals surface area contributed by atoms with Crippen LogP contribution in [0.25, 0.3) is 11.1 Å². The van der Waals surface area contributed by atoms with Gasteiger partial charge in [0.05, 0.1) is 13.2 Å². The van der Waals surface area contributed by atoms with Gasteiger partial charge >= 0.3 is 5.97 Å². The van der Waals surface area contributed by atoms with E-state index in [9.17, 15) is 9.59 Å². The Balaban J connectivity index is 1.54. The molecule has 3 aromatic carbocycles. The van der Waals surface area contributed by atoms with Crippen molar-refractivity contribution in [2.24, 2.45) is 0 Å². The zero-order chi connectivity index (χ0) is 24.4. The van der Waals surface area contributed by atoms with E-state index in [1.54, 1.807) is 18.2 Å². The number of hydrogen-bond donors (Lipinski definition) is 0. The first-order chi connectivity index (χ1) is 16.3. The van der Waals surface area contributed by atoms with Gasteiger partial charge in [0.25, 0.3) is 0 Å². The minimum Gasteiger partial charge on any atom is -0.493 e. The number of esters is 1. The van der Waals surface area contributed by atoms with Crippen LogP contribution in [0.15, 0.2) is 72.8 Å². The van der Waals surface area contributed by atoms with Gasteiger partial charge in [-0.1, -0.05) is 48.5 Å². The summed E-state index contributed by atoms with van der Waals surface area (Å²) < 4.78 is 17.1. The summed E-state index contributed by atoms with van der Waals surface area (Å²) >= 11 is 0. The molecule has 0 fully saturated rings.